The van der Waals surface area contributed by atoms with E-state index in [0.717, 1.165) is 39.1 Å². The van der Waals surface area contributed by atoms with Gasteiger partial charge in [0.2, 0.25) is 0 Å². The molecule has 0 saturated carbocycles. The van der Waals surface area contributed by atoms with Gasteiger partial charge in [0.1, 0.15) is 5.75 Å². The van der Waals surface area contributed by atoms with Gasteiger partial charge in [0.15, 0.2) is 11.0 Å². The highest BCUT2D eigenvalue weighted by Crippen LogP contribution is 2.32. The Morgan fingerprint density at radius 3 is 2.43 bits per heavy atom. The lowest BCUT2D eigenvalue weighted by Gasteiger charge is -2.12. The van der Waals surface area contributed by atoms with Crippen LogP contribution in [0.1, 0.15) is 16.7 Å². The van der Waals surface area contributed by atoms with Gasteiger partial charge in [0.05, 0.1) is 18.7 Å². The molecule has 3 aromatic carbocycles. The van der Waals surface area contributed by atoms with E-state index in [1.165, 1.54) is 0 Å². The third-order valence-corrected chi connectivity index (χ3v) is 5.82. The van der Waals surface area contributed by atoms with Gasteiger partial charge >= 0.3 is 0 Å². The lowest BCUT2D eigenvalue weighted by molar-refractivity contribution is 0.414. The molecule has 0 unspecified atom stereocenters. The maximum Gasteiger partial charge on any atom is 0.196 e. The van der Waals surface area contributed by atoms with E-state index in [-0.39, 0.29) is 0 Å². The molecule has 0 fully saturated rings. The maximum atomic E-state index is 9.38. The molecular weight excluding hydrogens is 392 g/mol. The van der Waals surface area contributed by atoms with Crippen molar-refractivity contribution in [2.24, 2.45) is 0 Å². The predicted molar refractivity (Wildman–Crippen MR) is 119 cm³/mol. The first-order valence-electron chi connectivity index (χ1n) is 9.48. The zero-order valence-corrected chi connectivity index (χ0v) is 17.6. The Hall–Kier alpha value is -3.56. The SMILES string of the molecule is COc1ccc(-n2c(SCc3ccccc3C#N)nnc2-c2ccccc2C)cc1. The van der Waals surface area contributed by atoms with Crippen molar-refractivity contribution in [1.82, 2.24) is 14.8 Å². The standard InChI is InChI=1S/C24H20N4OS/c1-17-7-3-6-10-22(17)23-26-27-24(28(23)20-11-13-21(29-2)14-12-20)30-16-19-9-5-4-8-18(19)15-25/h3-14H,16H2,1-2H3. The number of nitrogens with zero attached hydrogens (tertiary/aromatic N) is 4. The summed E-state index contributed by atoms with van der Waals surface area (Å²) in [6.07, 6.45) is 0. The van der Waals surface area contributed by atoms with Gasteiger partial charge in [0.25, 0.3) is 0 Å². The van der Waals surface area contributed by atoms with Crippen LogP contribution in [0.5, 0.6) is 5.75 Å². The lowest BCUT2D eigenvalue weighted by atomic mass is 10.1. The summed E-state index contributed by atoms with van der Waals surface area (Å²) in [7, 11) is 1.65. The fourth-order valence-corrected chi connectivity index (χ4v) is 4.18. The zero-order valence-electron chi connectivity index (χ0n) is 16.7. The van der Waals surface area contributed by atoms with Crippen molar-refractivity contribution < 1.29 is 4.74 Å². The smallest absolute Gasteiger partial charge is 0.196 e. The summed E-state index contributed by atoms with van der Waals surface area (Å²) in [5.74, 6) is 2.21. The number of thioether (sulfide) groups is 1. The number of aryl methyl sites for hydroxylation is 1. The summed E-state index contributed by atoms with van der Waals surface area (Å²) in [5.41, 5.74) is 4.78. The Balaban J connectivity index is 1.77. The van der Waals surface area contributed by atoms with Crippen molar-refractivity contribution in [3.8, 4) is 28.9 Å². The Morgan fingerprint density at radius 2 is 1.70 bits per heavy atom. The fraction of sp³-hybridized carbons (Fsp3) is 0.125. The minimum absolute atomic E-state index is 0.631. The van der Waals surface area contributed by atoms with Gasteiger partial charge in [-0.05, 0) is 48.4 Å². The van der Waals surface area contributed by atoms with Crippen LogP contribution in [0.3, 0.4) is 0 Å². The molecule has 4 aromatic rings. The van der Waals surface area contributed by atoms with Crippen LogP contribution in [0.4, 0.5) is 0 Å². The number of ether oxygens (including phenoxy) is 1. The highest BCUT2D eigenvalue weighted by molar-refractivity contribution is 7.98. The normalized spacial score (nSPS) is 10.6. The van der Waals surface area contributed by atoms with Crippen LogP contribution in [0.15, 0.2) is 78.0 Å². The highest BCUT2D eigenvalue weighted by Gasteiger charge is 2.18. The second-order valence-electron chi connectivity index (χ2n) is 6.71. The quantitative estimate of drug-likeness (QED) is 0.396. The molecule has 5 nitrogen and oxygen atoms in total. The summed E-state index contributed by atoms with van der Waals surface area (Å²) >= 11 is 1.56. The van der Waals surface area contributed by atoms with Crippen LogP contribution in [-0.2, 0) is 5.75 Å². The molecule has 1 heterocycles. The number of methoxy groups -OCH3 is 1. The second kappa shape index (κ2) is 8.85. The number of nitriles is 1. The zero-order chi connectivity index (χ0) is 20.9. The van der Waals surface area contributed by atoms with Gasteiger partial charge in [0, 0.05) is 17.0 Å². The minimum atomic E-state index is 0.631. The van der Waals surface area contributed by atoms with Crippen molar-refractivity contribution in [2.75, 3.05) is 7.11 Å². The second-order valence-corrected chi connectivity index (χ2v) is 7.65. The molecule has 0 saturated heterocycles. The molecule has 0 N–H and O–H groups in total. The van der Waals surface area contributed by atoms with Gasteiger partial charge in [-0.3, -0.25) is 4.57 Å². The van der Waals surface area contributed by atoms with Gasteiger partial charge in [-0.15, -0.1) is 10.2 Å². The monoisotopic (exact) mass is 412 g/mol. The van der Waals surface area contributed by atoms with Gasteiger partial charge in [-0.2, -0.15) is 5.26 Å². The van der Waals surface area contributed by atoms with Crippen molar-refractivity contribution in [3.05, 3.63) is 89.5 Å². The first kappa shape index (κ1) is 19.7. The molecule has 0 atom stereocenters. The predicted octanol–water partition coefficient (Wildman–Crippen LogP) is 5.42. The Kier molecular flexibility index (Phi) is 5.82. The van der Waals surface area contributed by atoms with E-state index in [2.05, 4.69) is 39.9 Å². The number of hydrogen-bond acceptors (Lipinski definition) is 5. The molecule has 0 aliphatic rings. The molecule has 0 aliphatic carbocycles. The van der Waals surface area contributed by atoms with Crippen LogP contribution in [0.2, 0.25) is 0 Å². The van der Waals surface area contributed by atoms with E-state index < -0.39 is 0 Å². The molecule has 30 heavy (non-hydrogen) atoms. The molecule has 4 rings (SSSR count). The van der Waals surface area contributed by atoms with Crippen LogP contribution in [0.25, 0.3) is 17.1 Å². The largest absolute Gasteiger partial charge is 0.497 e. The van der Waals surface area contributed by atoms with Crippen molar-refractivity contribution >= 4 is 11.8 Å². The summed E-state index contributed by atoms with van der Waals surface area (Å²) in [4.78, 5) is 0. The molecule has 1 aromatic heterocycles. The van der Waals surface area contributed by atoms with E-state index in [9.17, 15) is 5.26 Å². The molecule has 0 aliphatic heterocycles. The molecule has 0 spiro atoms. The highest BCUT2D eigenvalue weighted by atomic mass is 32.2. The number of benzene rings is 3. The Bertz CT molecular complexity index is 1210. The lowest BCUT2D eigenvalue weighted by Crippen LogP contribution is -2.01. The van der Waals surface area contributed by atoms with Crippen LogP contribution >= 0.6 is 11.8 Å². The summed E-state index contributed by atoms with van der Waals surface area (Å²) in [5, 5.41) is 19.1. The number of rotatable bonds is 6. The average molecular weight is 413 g/mol. The number of hydrogen-bond donors (Lipinski definition) is 0. The molecule has 0 radical (unpaired) electrons. The number of aromatic nitrogens is 3. The van der Waals surface area contributed by atoms with E-state index in [4.69, 9.17) is 4.74 Å². The maximum absolute atomic E-state index is 9.38. The van der Waals surface area contributed by atoms with Crippen molar-refractivity contribution in [3.63, 3.8) is 0 Å². The van der Waals surface area contributed by atoms with E-state index in [1.807, 2.05) is 60.7 Å². The molecular formula is C24H20N4OS. The van der Waals surface area contributed by atoms with Crippen LogP contribution < -0.4 is 4.74 Å². The van der Waals surface area contributed by atoms with E-state index in [0.29, 0.717) is 11.3 Å². The third kappa shape index (κ3) is 3.93. The first-order chi connectivity index (χ1) is 14.7. The Morgan fingerprint density at radius 1 is 0.967 bits per heavy atom. The minimum Gasteiger partial charge on any atom is -0.497 e. The third-order valence-electron chi connectivity index (χ3n) is 4.84. The van der Waals surface area contributed by atoms with Crippen molar-refractivity contribution in [2.45, 2.75) is 17.8 Å². The van der Waals surface area contributed by atoms with Gasteiger partial charge < -0.3 is 4.74 Å². The average Bonchev–Trinajstić information content (AvgIpc) is 3.22. The molecule has 6 heteroatoms. The topological polar surface area (TPSA) is 63.7 Å². The Labute approximate surface area is 180 Å². The molecule has 0 bridgehead atoms. The van der Waals surface area contributed by atoms with E-state index in [1.54, 1.807) is 18.9 Å². The van der Waals surface area contributed by atoms with Gasteiger partial charge in [-0.25, -0.2) is 0 Å². The molecule has 148 valence electrons. The van der Waals surface area contributed by atoms with Gasteiger partial charge in [-0.1, -0.05) is 54.2 Å². The summed E-state index contributed by atoms with van der Waals surface area (Å²) < 4.78 is 7.36. The fourth-order valence-electron chi connectivity index (χ4n) is 3.22. The van der Waals surface area contributed by atoms with Crippen molar-refractivity contribution in [1.29, 1.82) is 5.26 Å². The first-order valence-corrected chi connectivity index (χ1v) is 10.5. The van der Waals surface area contributed by atoms with E-state index >= 15 is 0 Å². The summed E-state index contributed by atoms with van der Waals surface area (Å²) in [6.45, 7) is 2.07. The van der Waals surface area contributed by atoms with Crippen LogP contribution in [0, 0.1) is 18.3 Å². The van der Waals surface area contributed by atoms with Crippen LogP contribution in [-0.4, -0.2) is 21.9 Å². The summed E-state index contributed by atoms with van der Waals surface area (Å²) in [6, 6.07) is 25.9. The molecule has 0 amide bonds.